The summed E-state index contributed by atoms with van der Waals surface area (Å²) < 4.78 is 13.8. The van der Waals surface area contributed by atoms with Gasteiger partial charge in [-0.3, -0.25) is 0 Å². The lowest BCUT2D eigenvalue weighted by molar-refractivity contribution is 0.309. The van der Waals surface area contributed by atoms with E-state index in [9.17, 15) is 4.57 Å². The molecule has 0 saturated carbocycles. The Morgan fingerprint density at radius 1 is 0.913 bits per heavy atom. The van der Waals surface area contributed by atoms with Crippen molar-refractivity contribution < 1.29 is 4.57 Å². The summed E-state index contributed by atoms with van der Waals surface area (Å²) in [7, 11) is -0.544. The van der Waals surface area contributed by atoms with Crippen molar-refractivity contribution in [1.82, 2.24) is 9.80 Å². The van der Waals surface area contributed by atoms with E-state index in [2.05, 4.69) is 22.2 Å². The lowest BCUT2D eigenvalue weighted by Gasteiger charge is -2.23. The zero-order valence-electron chi connectivity index (χ0n) is 13.2. The van der Waals surface area contributed by atoms with Crippen LogP contribution in [0.2, 0.25) is 0 Å². The quantitative estimate of drug-likeness (QED) is 0.527. The van der Waals surface area contributed by atoms with Crippen molar-refractivity contribution in [1.29, 1.82) is 0 Å². The molecule has 0 amide bonds. The zero-order chi connectivity index (χ0) is 15.4. The first-order valence-corrected chi connectivity index (χ1v) is 9.41. The molecule has 0 aliphatic carbocycles. The third-order valence-electron chi connectivity index (χ3n) is 3.99. The molecule has 0 fully saturated rings. The van der Waals surface area contributed by atoms with Gasteiger partial charge in [-0.05, 0) is 0 Å². The molecule has 1 aliphatic rings. The van der Waals surface area contributed by atoms with E-state index in [1.807, 2.05) is 67.7 Å². The molecule has 0 N–H and O–H groups in total. The standard InChI is InChI=1S/C18H21N2OP.HI/c1-19-12-13-20(16-19)14-15-22(21,17-8-4-2-5-9-17)18-10-6-3-7-11-18;/h2-13H,14-16H2,1H3;1H. The fourth-order valence-electron chi connectivity index (χ4n) is 2.75. The van der Waals surface area contributed by atoms with Gasteiger partial charge < -0.3 is 14.4 Å². The Labute approximate surface area is 155 Å². The molecule has 2 aromatic carbocycles. The van der Waals surface area contributed by atoms with Gasteiger partial charge >= 0.3 is 0 Å². The average molecular weight is 440 g/mol. The molecule has 1 aliphatic heterocycles. The van der Waals surface area contributed by atoms with Gasteiger partial charge in [-0.1, -0.05) is 60.7 Å². The van der Waals surface area contributed by atoms with Gasteiger partial charge in [-0.2, -0.15) is 0 Å². The number of hydrogen-bond acceptors (Lipinski definition) is 3. The zero-order valence-corrected chi connectivity index (χ0v) is 16.4. The van der Waals surface area contributed by atoms with Crippen LogP contribution in [0.5, 0.6) is 0 Å². The largest absolute Gasteiger partial charge is 0.362 e. The number of halogens is 1. The van der Waals surface area contributed by atoms with Crippen LogP contribution in [-0.4, -0.2) is 36.2 Å². The summed E-state index contributed by atoms with van der Waals surface area (Å²) in [6, 6.07) is 19.7. The van der Waals surface area contributed by atoms with Crippen LogP contribution in [-0.2, 0) is 4.57 Å². The highest BCUT2D eigenvalue weighted by molar-refractivity contribution is 14.0. The molecule has 1 heterocycles. The van der Waals surface area contributed by atoms with Crippen molar-refractivity contribution in [3.8, 4) is 0 Å². The molecule has 122 valence electrons. The molecule has 5 heteroatoms. The summed E-state index contributed by atoms with van der Waals surface area (Å²) in [6.07, 6.45) is 4.77. The van der Waals surface area contributed by atoms with Crippen molar-refractivity contribution in [2.75, 3.05) is 26.4 Å². The minimum atomic E-state index is -2.59. The van der Waals surface area contributed by atoms with E-state index in [0.717, 1.165) is 23.8 Å². The molecule has 0 saturated heterocycles. The van der Waals surface area contributed by atoms with Crippen LogP contribution in [0.25, 0.3) is 0 Å². The molecule has 0 bridgehead atoms. The molecule has 2 aromatic rings. The smallest absolute Gasteiger partial charge is 0.144 e. The van der Waals surface area contributed by atoms with E-state index >= 15 is 0 Å². The Balaban J connectivity index is 0.00000192. The van der Waals surface area contributed by atoms with Crippen molar-refractivity contribution in [2.24, 2.45) is 0 Å². The van der Waals surface area contributed by atoms with Gasteiger partial charge in [0.05, 0.1) is 6.67 Å². The monoisotopic (exact) mass is 440 g/mol. The Hall–Kier alpha value is -1.26. The first-order chi connectivity index (χ1) is 10.7. The molecule has 0 spiro atoms. The molecule has 3 nitrogen and oxygen atoms in total. The van der Waals surface area contributed by atoms with E-state index in [-0.39, 0.29) is 24.0 Å². The molecule has 23 heavy (non-hydrogen) atoms. The highest BCUT2D eigenvalue weighted by atomic mass is 127. The third kappa shape index (κ3) is 4.18. The highest BCUT2D eigenvalue weighted by Crippen LogP contribution is 2.43. The molecule has 0 atom stereocenters. The number of hydrogen-bond donors (Lipinski definition) is 0. The summed E-state index contributed by atoms with van der Waals surface area (Å²) >= 11 is 0. The van der Waals surface area contributed by atoms with Gasteiger partial charge in [0.1, 0.15) is 7.14 Å². The van der Waals surface area contributed by atoms with Crippen LogP contribution in [0.15, 0.2) is 73.1 Å². The van der Waals surface area contributed by atoms with Crippen molar-refractivity contribution in [3.63, 3.8) is 0 Å². The lowest BCUT2D eigenvalue weighted by Crippen LogP contribution is -2.28. The summed E-state index contributed by atoms with van der Waals surface area (Å²) in [6.45, 7) is 1.66. The topological polar surface area (TPSA) is 23.6 Å². The van der Waals surface area contributed by atoms with Gasteiger partial charge in [0.25, 0.3) is 0 Å². The fourth-order valence-corrected chi connectivity index (χ4v) is 5.41. The van der Waals surface area contributed by atoms with Gasteiger partial charge in [0.2, 0.25) is 0 Å². The third-order valence-corrected chi connectivity index (χ3v) is 7.08. The number of benzene rings is 2. The second-order valence-corrected chi connectivity index (χ2v) is 8.60. The summed E-state index contributed by atoms with van der Waals surface area (Å²) in [5.74, 6) is 0. The van der Waals surface area contributed by atoms with E-state index in [1.165, 1.54) is 0 Å². The SMILES string of the molecule is CN1C=CN(CCP(=O)(c2ccccc2)c2ccccc2)C1.I. The number of nitrogens with zero attached hydrogens (tertiary/aromatic N) is 2. The van der Waals surface area contributed by atoms with Gasteiger partial charge in [0, 0.05) is 42.8 Å². The Morgan fingerprint density at radius 2 is 1.43 bits per heavy atom. The van der Waals surface area contributed by atoms with Gasteiger partial charge in [-0.25, -0.2) is 0 Å². The average Bonchev–Trinajstić information content (AvgIpc) is 3.00. The van der Waals surface area contributed by atoms with Crippen LogP contribution >= 0.6 is 31.1 Å². The highest BCUT2D eigenvalue weighted by Gasteiger charge is 2.27. The summed E-state index contributed by atoms with van der Waals surface area (Å²) in [4.78, 5) is 4.33. The first-order valence-electron chi connectivity index (χ1n) is 7.51. The predicted octanol–water partition coefficient (Wildman–Crippen LogP) is 3.29. The van der Waals surface area contributed by atoms with E-state index in [4.69, 9.17) is 0 Å². The van der Waals surface area contributed by atoms with Gasteiger partial charge in [0.15, 0.2) is 0 Å². The van der Waals surface area contributed by atoms with Crippen molar-refractivity contribution in [3.05, 3.63) is 73.1 Å². The van der Waals surface area contributed by atoms with Crippen LogP contribution < -0.4 is 10.6 Å². The second kappa shape index (κ2) is 8.02. The van der Waals surface area contributed by atoms with Crippen LogP contribution in [0.1, 0.15) is 0 Å². The minimum absolute atomic E-state index is 0. The molecular weight excluding hydrogens is 418 g/mol. The van der Waals surface area contributed by atoms with Crippen LogP contribution in [0.3, 0.4) is 0 Å². The minimum Gasteiger partial charge on any atom is -0.362 e. The summed E-state index contributed by atoms with van der Waals surface area (Å²) in [5.41, 5.74) is 0. The van der Waals surface area contributed by atoms with Crippen molar-refractivity contribution in [2.45, 2.75) is 0 Å². The normalized spacial score (nSPS) is 14.0. The molecule has 0 aromatic heterocycles. The molecule has 0 radical (unpaired) electrons. The second-order valence-electron chi connectivity index (χ2n) is 5.64. The molecule has 3 rings (SSSR count). The molecular formula is C18H22IN2OP. The number of rotatable bonds is 5. The Bertz CT molecular complexity index is 647. The fraction of sp³-hybridized carbons (Fsp3) is 0.222. The summed E-state index contributed by atoms with van der Waals surface area (Å²) in [5, 5.41) is 1.88. The maximum absolute atomic E-state index is 13.8. The van der Waals surface area contributed by atoms with E-state index in [0.29, 0.717) is 6.16 Å². The van der Waals surface area contributed by atoms with E-state index < -0.39 is 7.14 Å². The van der Waals surface area contributed by atoms with Crippen molar-refractivity contribution >= 4 is 41.7 Å². The van der Waals surface area contributed by atoms with Crippen LogP contribution in [0.4, 0.5) is 0 Å². The molecule has 0 unspecified atom stereocenters. The maximum Gasteiger partial charge on any atom is 0.144 e. The Morgan fingerprint density at radius 3 is 1.87 bits per heavy atom. The lowest BCUT2D eigenvalue weighted by atomic mass is 10.4. The Kier molecular flexibility index (Phi) is 6.31. The first kappa shape index (κ1) is 18.1. The van der Waals surface area contributed by atoms with Crippen LogP contribution in [0, 0.1) is 0 Å². The predicted molar refractivity (Wildman–Crippen MR) is 109 cm³/mol. The van der Waals surface area contributed by atoms with Gasteiger partial charge in [-0.15, -0.1) is 24.0 Å². The maximum atomic E-state index is 13.8. The van der Waals surface area contributed by atoms with E-state index in [1.54, 1.807) is 0 Å².